The molecule has 2 rings (SSSR count). The first-order chi connectivity index (χ1) is 12.9. The van der Waals surface area contributed by atoms with Gasteiger partial charge in [0.2, 0.25) is 0 Å². The second kappa shape index (κ2) is 10.3. The number of nitrogens with one attached hydrogen (secondary N) is 1. The Morgan fingerprint density at radius 2 is 2.04 bits per heavy atom. The lowest BCUT2D eigenvalue weighted by Crippen LogP contribution is -2.03. The highest BCUT2D eigenvalue weighted by Gasteiger charge is 2.14. The smallest absolute Gasteiger partial charge is 0.269 e. The monoisotopic (exact) mass is 499 g/mol. The predicted molar refractivity (Wildman–Crippen MR) is 113 cm³/mol. The third-order valence-electron chi connectivity index (χ3n) is 3.58. The molecule has 7 nitrogen and oxygen atoms in total. The fraction of sp³-hybridized carbons (Fsp3) is 0.278. The van der Waals surface area contributed by atoms with Crippen molar-refractivity contribution in [2.45, 2.75) is 13.3 Å². The van der Waals surface area contributed by atoms with E-state index in [-0.39, 0.29) is 11.4 Å². The zero-order chi connectivity index (χ0) is 19.8. The summed E-state index contributed by atoms with van der Waals surface area (Å²) in [6, 6.07) is 7.98. The fourth-order valence-electron chi connectivity index (χ4n) is 2.26. The molecule has 27 heavy (non-hydrogen) atoms. The number of phenols is 1. The lowest BCUT2D eigenvalue weighted by atomic mass is 10.2. The minimum absolute atomic E-state index is 0.0414. The van der Waals surface area contributed by atoms with Gasteiger partial charge in [-0.3, -0.25) is 15.1 Å². The number of nitro groups is 1. The van der Waals surface area contributed by atoms with Gasteiger partial charge in [-0.15, -0.1) is 0 Å². The topological polar surface area (TPSA) is 97.0 Å². The molecule has 144 valence electrons. The number of rotatable bonds is 9. The highest BCUT2D eigenvalue weighted by molar-refractivity contribution is 9.13. The van der Waals surface area contributed by atoms with Crippen LogP contribution in [0.4, 0.5) is 11.4 Å². The lowest BCUT2D eigenvalue weighted by Gasteiger charge is -2.11. The SMILES string of the molecule is CCOc1cc(Br)c(Br)c(C=NCCCNc2ccc([N+](=O)[O-])cc2)c1O. The highest BCUT2D eigenvalue weighted by atomic mass is 79.9. The molecule has 0 atom stereocenters. The lowest BCUT2D eigenvalue weighted by molar-refractivity contribution is -0.384. The van der Waals surface area contributed by atoms with Crippen LogP contribution in [0.2, 0.25) is 0 Å². The normalized spacial score (nSPS) is 10.9. The summed E-state index contributed by atoms with van der Waals surface area (Å²) in [6.07, 6.45) is 2.37. The van der Waals surface area contributed by atoms with Gasteiger partial charge in [-0.1, -0.05) is 0 Å². The summed E-state index contributed by atoms with van der Waals surface area (Å²) in [7, 11) is 0. The summed E-state index contributed by atoms with van der Waals surface area (Å²) in [5.41, 5.74) is 1.44. The van der Waals surface area contributed by atoms with Crippen molar-refractivity contribution in [3.05, 3.63) is 55.0 Å². The van der Waals surface area contributed by atoms with Gasteiger partial charge in [-0.2, -0.15) is 0 Å². The molecule has 0 aliphatic carbocycles. The van der Waals surface area contributed by atoms with Crippen molar-refractivity contribution < 1.29 is 14.8 Å². The van der Waals surface area contributed by atoms with E-state index in [0.717, 1.165) is 16.6 Å². The Balaban J connectivity index is 1.88. The third kappa shape index (κ3) is 5.93. The number of nitrogens with zero attached hydrogens (tertiary/aromatic N) is 2. The molecule has 2 aromatic rings. The van der Waals surface area contributed by atoms with Gasteiger partial charge >= 0.3 is 0 Å². The number of nitro benzene ring substituents is 1. The molecule has 2 aromatic carbocycles. The fourth-order valence-corrected chi connectivity index (χ4v) is 3.08. The van der Waals surface area contributed by atoms with Gasteiger partial charge < -0.3 is 15.2 Å². The number of hydrogen-bond donors (Lipinski definition) is 2. The number of halogens is 2. The number of benzene rings is 2. The first-order valence-electron chi connectivity index (χ1n) is 8.26. The number of anilines is 1. The molecule has 0 aliphatic heterocycles. The van der Waals surface area contributed by atoms with Crippen LogP contribution >= 0.6 is 31.9 Å². The molecule has 0 unspecified atom stereocenters. The Morgan fingerprint density at radius 1 is 1.33 bits per heavy atom. The molecule has 0 bridgehead atoms. The predicted octanol–water partition coefficient (Wildman–Crippen LogP) is 5.15. The van der Waals surface area contributed by atoms with E-state index in [0.29, 0.717) is 35.5 Å². The van der Waals surface area contributed by atoms with E-state index in [2.05, 4.69) is 42.2 Å². The average Bonchev–Trinajstić information content (AvgIpc) is 2.65. The molecular formula is C18H19Br2N3O4. The summed E-state index contributed by atoms with van der Waals surface area (Å²) < 4.78 is 6.89. The van der Waals surface area contributed by atoms with Gasteiger partial charge in [0.15, 0.2) is 11.5 Å². The molecule has 0 amide bonds. The minimum Gasteiger partial charge on any atom is -0.504 e. The average molecular weight is 501 g/mol. The number of ether oxygens (including phenoxy) is 1. The van der Waals surface area contributed by atoms with E-state index < -0.39 is 4.92 Å². The Kier molecular flexibility index (Phi) is 8.05. The summed E-state index contributed by atoms with van der Waals surface area (Å²) in [6.45, 7) is 3.53. The van der Waals surface area contributed by atoms with Crippen molar-refractivity contribution in [3.63, 3.8) is 0 Å². The van der Waals surface area contributed by atoms with Crippen molar-refractivity contribution in [2.75, 3.05) is 25.0 Å². The maximum absolute atomic E-state index is 10.6. The Bertz CT molecular complexity index is 826. The maximum Gasteiger partial charge on any atom is 0.269 e. The standard InChI is InChI=1S/C18H19Br2N3O4/c1-2-27-16-10-15(19)17(20)14(18(16)24)11-21-8-3-9-22-12-4-6-13(7-5-12)23(25)26/h4-7,10-11,22,24H,2-3,8-9H2,1H3. The summed E-state index contributed by atoms with van der Waals surface area (Å²) in [5.74, 6) is 0.438. The Hall–Kier alpha value is -2.13. The molecule has 9 heteroatoms. The van der Waals surface area contributed by atoms with Crippen LogP contribution in [0.5, 0.6) is 11.5 Å². The minimum atomic E-state index is -0.426. The highest BCUT2D eigenvalue weighted by Crippen LogP contribution is 2.39. The molecule has 0 saturated heterocycles. The van der Waals surface area contributed by atoms with E-state index in [4.69, 9.17) is 4.74 Å². The Labute approximate surface area is 173 Å². The van der Waals surface area contributed by atoms with Crippen LogP contribution < -0.4 is 10.1 Å². The summed E-state index contributed by atoms with van der Waals surface area (Å²) >= 11 is 6.85. The Morgan fingerprint density at radius 3 is 2.67 bits per heavy atom. The van der Waals surface area contributed by atoms with Gasteiger partial charge in [0.1, 0.15) is 0 Å². The van der Waals surface area contributed by atoms with E-state index in [1.807, 2.05) is 6.92 Å². The summed E-state index contributed by atoms with van der Waals surface area (Å²) in [5, 5.41) is 24.1. The second-order valence-electron chi connectivity index (χ2n) is 5.49. The van der Waals surface area contributed by atoms with Crippen molar-refractivity contribution in [2.24, 2.45) is 4.99 Å². The molecule has 0 heterocycles. The first kappa shape index (κ1) is 21.2. The van der Waals surface area contributed by atoms with Crippen molar-refractivity contribution in [3.8, 4) is 11.5 Å². The quantitative estimate of drug-likeness (QED) is 0.215. The van der Waals surface area contributed by atoms with Crippen molar-refractivity contribution >= 4 is 49.4 Å². The van der Waals surface area contributed by atoms with Crippen LogP contribution in [0, 0.1) is 10.1 Å². The molecule has 0 spiro atoms. The molecular weight excluding hydrogens is 482 g/mol. The molecule has 0 fully saturated rings. The van der Waals surface area contributed by atoms with Gasteiger partial charge in [0, 0.05) is 46.1 Å². The second-order valence-corrected chi connectivity index (χ2v) is 7.13. The first-order valence-corrected chi connectivity index (χ1v) is 9.84. The van der Waals surface area contributed by atoms with Crippen LogP contribution in [-0.2, 0) is 0 Å². The van der Waals surface area contributed by atoms with E-state index in [1.165, 1.54) is 12.1 Å². The van der Waals surface area contributed by atoms with Crippen LogP contribution in [0.3, 0.4) is 0 Å². The molecule has 0 aromatic heterocycles. The number of aromatic hydroxyl groups is 1. The molecule has 0 aliphatic rings. The van der Waals surface area contributed by atoms with E-state index in [1.54, 1.807) is 24.4 Å². The molecule has 2 N–H and O–H groups in total. The van der Waals surface area contributed by atoms with Crippen molar-refractivity contribution in [1.82, 2.24) is 0 Å². The van der Waals surface area contributed by atoms with Crippen LogP contribution in [0.15, 0.2) is 44.3 Å². The van der Waals surface area contributed by atoms with Crippen molar-refractivity contribution in [1.29, 1.82) is 0 Å². The van der Waals surface area contributed by atoms with Gasteiger partial charge in [0.25, 0.3) is 5.69 Å². The number of hydrogen-bond acceptors (Lipinski definition) is 6. The van der Waals surface area contributed by atoms with Crippen LogP contribution in [0.1, 0.15) is 18.9 Å². The van der Waals surface area contributed by atoms with Crippen LogP contribution in [-0.4, -0.2) is 35.9 Å². The number of aliphatic imine (C=N–C) groups is 1. The number of non-ortho nitro benzene ring substituents is 1. The van der Waals surface area contributed by atoms with E-state index in [9.17, 15) is 15.2 Å². The summed E-state index contributed by atoms with van der Waals surface area (Å²) in [4.78, 5) is 14.6. The van der Waals surface area contributed by atoms with E-state index >= 15 is 0 Å². The van der Waals surface area contributed by atoms with Gasteiger partial charge in [-0.25, -0.2) is 0 Å². The number of phenolic OH excluding ortho intramolecular Hbond substituents is 1. The van der Waals surface area contributed by atoms with Gasteiger partial charge in [-0.05, 0) is 63.4 Å². The molecule has 0 saturated carbocycles. The van der Waals surface area contributed by atoms with Crippen LogP contribution in [0.25, 0.3) is 0 Å². The largest absolute Gasteiger partial charge is 0.504 e. The maximum atomic E-state index is 10.6. The zero-order valence-electron chi connectivity index (χ0n) is 14.6. The molecule has 0 radical (unpaired) electrons. The third-order valence-corrected chi connectivity index (χ3v) is 5.60. The zero-order valence-corrected chi connectivity index (χ0v) is 17.8. The van der Waals surface area contributed by atoms with Gasteiger partial charge in [0.05, 0.1) is 17.1 Å².